The summed E-state index contributed by atoms with van der Waals surface area (Å²) in [7, 11) is 2.83. The van der Waals surface area contributed by atoms with Gasteiger partial charge in [0.1, 0.15) is 6.29 Å². The first-order valence-electron chi connectivity index (χ1n) is 13.5. The van der Waals surface area contributed by atoms with Crippen LogP contribution in [-0.2, 0) is 19.2 Å². The van der Waals surface area contributed by atoms with Crippen LogP contribution in [0.3, 0.4) is 0 Å². The minimum absolute atomic E-state index is 0.0391. The molecular weight excluding hydrogens is 577 g/mol. The van der Waals surface area contributed by atoms with Crippen molar-refractivity contribution in [2.75, 3.05) is 14.2 Å². The predicted octanol–water partition coefficient (Wildman–Crippen LogP) is 7.37. The molecule has 3 fully saturated rings. The summed E-state index contributed by atoms with van der Waals surface area (Å²) in [4.78, 5) is 37.0. The molecule has 1 N–H and O–H groups in total. The molecule has 0 heterocycles. The van der Waals surface area contributed by atoms with E-state index in [-0.39, 0.29) is 82.0 Å². The van der Waals surface area contributed by atoms with E-state index in [1.165, 1.54) is 14.2 Å². The number of hydroxylamine groups is 2. The lowest BCUT2D eigenvalue weighted by Gasteiger charge is -2.30. The summed E-state index contributed by atoms with van der Waals surface area (Å²) in [5, 5.41) is 9.63. The summed E-state index contributed by atoms with van der Waals surface area (Å²) < 4.78 is 110. The highest BCUT2D eigenvalue weighted by atomic mass is 19.4. The molecule has 3 aliphatic rings. The van der Waals surface area contributed by atoms with Gasteiger partial charge in [-0.1, -0.05) is 0 Å². The van der Waals surface area contributed by atoms with Crippen molar-refractivity contribution >= 4 is 18.2 Å². The van der Waals surface area contributed by atoms with Gasteiger partial charge in [0.25, 0.3) is 0 Å². The van der Waals surface area contributed by atoms with Crippen LogP contribution in [-0.4, -0.2) is 61.0 Å². The minimum atomic E-state index is -4.15. The number of hydrogen-bond donors (Lipinski definition) is 1. The highest BCUT2D eigenvalue weighted by Gasteiger charge is 2.44. The van der Waals surface area contributed by atoms with Crippen LogP contribution < -0.4 is 0 Å². The molecule has 3 saturated carbocycles. The number of aldehydes is 1. The van der Waals surface area contributed by atoms with E-state index >= 15 is 0 Å². The number of aliphatic carboxylic acids is 1. The highest BCUT2D eigenvalue weighted by Crippen LogP contribution is 2.41. The SMILES string of the molecule is CON(C)C(=O)C1CCC(C(F)(F)F)CC1.O=C(O)C1CCC(C(F)(F)F)CC1.O=CC1CCC(C(F)(F)F)CC1. The number of halogens is 9. The molecule has 0 spiro atoms. The molecule has 240 valence electrons. The van der Waals surface area contributed by atoms with E-state index in [9.17, 15) is 53.9 Å². The second kappa shape index (κ2) is 16.0. The number of rotatable bonds is 4. The molecule has 3 rings (SSSR count). The standard InChI is InChI=1S/C10H16F3NO2.C8H11F3O2.C8H11F3O/c1-14(16-2)9(15)7-3-5-8(6-4-7)10(11,12)13;9-8(10,11)6-3-1-5(2-4-6)7(12)13;9-8(10,11)7-3-1-6(5-12)2-4-7/h7-8H,3-6H2,1-2H3;5-6H,1-4H2,(H,12,13);5-7H,1-4H2. The molecule has 1 amide bonds. The average molecular weight is 616 g/mol. The molecule has 3 aliphatic carbocycles. The molecular formula is C26H38F9NO5. The fourth-order valence-electron chi connectivity index (χ4n) is 5.27. The topological polar surface area (TPSA) is 83.9 Å². The summed E-state index contributed by atoms with van der Waals surface area (Å²) in [5.41, 5.74) is 0. The van der Waals surface area contributed by atoms with E-state index in [4.69, 9.17) is 9.94 Å². The number of carbonyl (C=O) groups excluding carboxylic acids is 2. The van der Waals surface area contributed by atoms with Crippen LogP contribution >= 0.6 is 0 Å². The smallest absolute Gasteiger partial charge is 0.391 e. The van der Waals surface area contributed by atoms with Gasteiger partial charge in [-0.2, -0.15) is 39.5 Å². The van der Waals surface area contributed by atoms with Gasteiger partial charge < -0.3 is 9.90 Å². The minimum Gasteiger partial charge on any atom is -0.481 e. The second-order valence-corrected chi connectivity index (χ2v) is 10.8. The average Bonchev–Trinajstić information content (AvgIpc) is 2.91. The van der Waals surface area contributed by atoms with Crippen LogP contribution in [0.1, 0.15) is 77.0 Å². The zero-order valence-corrected chi connectivity index (χ0v) is 23.0. The fourth-order valence-corrected chi connectivity index (χ4v) is 5.27. The van der Waals surface area contributed by atoms with E-state index in [1.807, 2.05) is 0 Å². The van der Waals surface area contributed by atoms with Gasteiger partial charge in [0.2, 0.25) is 5.91 Å². The van der Waals surface area contributed by atoms with E-state index in [0.29, 0.717) is 12.8 Å². The molecule has 0 radical (unpaired) electrons. The second-order valence-electron chi connectivity index (χ2n) is 10.8. The molecule has 0 aromatic carbocycles. The third-order valence-corrected chi connectivity index (χ3v) is 8.09. The first kappa shape index (κ1) is 37.0. The molecule has 15 heteroatoms. The van der Waals surface area contributed by atoms with Gasteiger partial charge in [-0.15, -0.1) is 0 Å². The molecule has 0 atom stereocenters. The van der Waals surface area contributed by atoms with E-state index in [0.717, 1.165) is 11.3 Å². The van der Waals surface area contributed by atoms with Crippen LogP contribution in [0.5, 0.6) is 0 Å². The summed E-state index contributed by atoms with van der Waals surface area (Å²) >= 11 is 0. The van der Waals surface area contributed by atoms with Crippen molar-refractivity contribution in [1.82, 2.24) is 5.06 Å². The quantitative estimate of drug-likeness (QED) is 0.203. The number of alkyl halides is 9. The summed E-state index contributed by atoms with van der Waals surface area (Å²) in [6.07, 6.45) is -9.66. The molecule has 0 bridgehead atoms. The Kier molecular flexibility index (Phi) is 14.4. The fraction of sp³-hybridized carbons (Fsp3) is 0.885. The van der Waals surface area contributed by atoms with E-state index < -0.39 is 48.2 Å². The van der Waals surface area contributed by atoms with Gasteiger partial charge in [0.05, 0.1) is 30.8 Å². The van der Waals surface area contributed by atoms with Gasteiger partial charge in [0.15, 0.2) is 0 Å². The van der Waals surface area contributed by atoms with Crippen LogP contribution in [0.4, 0.5) is 39.5 Å². The monoisotopic (exact) mass is 615 g/mol. The maximum atomic E-state index is 12.4. The molecule has 0 aliphatic heterocycles. The Labute approximate surface area is 232 Å². The van der Waals surface area contributed by atoms with Gasteiger partial charge in [-0.3, -0.25) is 14.4 Å². The molecule has 6 nitrogen and oxygen atoms in total. The Bertz CT molecular complexity index is 808. The lowest BCUT2D eigenvalue weighted by atomic mass is 9.81. The predicted molar refractivity (Wildman–Crippen MR) is 128 cm³/mol. The molecule has 0 aromatic rings. The van der Waals surface area contributed by atoms with Crippen molar-refractivity contribution in [3.8, 4) is 0 Å². The van der Waals surface area contributed by atoms with Crippen molar-refractivity contribution in [2.45, 2.75) is 95.6 Å². The van der Waals surface area contributed by atoms with Crippen molar-refractivity contribution in [2.24, 2.45) is 35.5 Å². The van der Waals surface area contributed by atoms with Crippen LogP contribution in [0.25, 0.3) is 0 Å². The Morgan fingerprint density at radius 3 is 1.24 bits per heavy atom. The number of carbonyl (C=O) groups is 3. The zero-order chi connectivity index (χ0) is 31.6. The number of carboxylic acids is 1. The number of hydrogen-bond acceptors (Lipinski definition) is 4. The molecule has 0 saturated heterocycles. The Morgan fingerprint density at radius 1 is 0.659 bits per heavy atom. The van der Waals surface area contributed by atoms with Crippen molar-refractivity contribution in [3.63, 3.8) is 0 Å². The summed E-state index contributed by atoms with van der Waals surface area (Å²) in [6, 6.07) is 0. The maximum absolute atomic E-state index is 12.4. The lowest BCUT2D eigenvalue weighted by Crippen LogP contribution is -2.36. The largest absolute Gasteiger partial charge is 0.481 e. The first-order valence-corrected chi connectivity index (χ1v) is 13.5. The third-order valence-electron chi connectivity index (χ3n) is 8.09. The number of amides is 1. The highest BCUT2D eigenvalue weighted by molar-refractivity contribution is 5.77. The zero-order valence-electron chi connectivity index (χ0n) is 23.0. The number of carboxylic acid groups (broad SMARTS) is 1. The lowest BCUT2D eigenvalue weighted by molar-refractivity contribution is -0.191. The Hall–Kier alpha value is -2.06. The third kappa shape index (κ3) is 12.8. The first-order chi connectivity index (χ1) is 18.8. The van der Waals surface area contributed by atoms with Crippen LogP contribution in [0.2, 0.25) is 0 Å². The maximum Gasteiger partial charge on any atom is 0.391 e. The van der Waals surface area contributed by atoms with Crippen LogP contribution in [0.15, 0.2) is 0 Å². The van der Waals surface area contributed by atoms with Crippen molar-refractivity contribution in [1.29, 1.82) is 0 Å². The molecule has 0 aromatic heterocycles. The van der Waals surface area contributed by atoms with E-state index in [1.54, 1.807) is 0 Å². The van der Waals surface area contributed by atoms with Crippen LogP contribution in [0, 0.1) is 35.5 Å². The van der Waals surface area contributed by atoms with Crippen molar-refractivity contribution < 1.29 is 63.8 Å². The number of nitrogens with zero attached hydrogens (tertiary/aromatic N) is 1. The van der Waals surface area contributed by atoms with Gasteiger partial charge in [-0.05, 0) is 77.0 Å². The van der Waals surface area contributed by atoms with Gasteiger partial charge >= 0.3 is 24.5 Å². The van der Waals surface area contributed by atoms with Gasteiger partial charge in [-0.25, -0.2) is 5.06 Å². The molecule has 0 unspecified atom stereocenters. The Balaban J connectivity index is 0.000000311. The Morgan fingerprint density at radius 2 is 0.976 bits per heavy atom. The normalized spacial score (nSPS) is 29.1. The van der Waals surface area contributed by atoms with E-state index in [2.05, 4.69) is 0 Å². The van der Waals surface area contributed by atoms with Crippen molar-refractivity contribution in [3.05, 3.63) is 0 Å². The molecule has 41 heavy (non-hydrogen) atoms. The summed E-state index contributed by atoms with van der Waals surface area (Å²) in [6.45, 7) is 0. The van der Waals surface area contributed by atoms with Gasteiger partial charge in [0, 0.05) is 18.9 Å². The summed E-state index contributed by atoms with van der Waals surface area (Å²) in [5.74, 6) is -5.95.